The van der Waals surface area contributed by atoms with E-state index in [2.05, 4.69) is 4.98 Å². The number of benzene rings is 2. The van der Waals surface area contributed by atoms with Crippen LogP contribution < -0.4 is 9.47 Å². The van der Waals surface area contributed by atoms with E-state index in [1.165, 1.54) is 0 Å². The summed E-state index contributed by atoms with van der Waals surface area (Å²) in [6, 6.07) is 13.0. The Labute approximate surface area is 145 Å². The Morgan fingerprint density at radius 1 is 1.24 bits per heavy atom. The van der Waals surface area contributed by atoms with Gasteiger partial charge in [-0.1, -0.05) is 19.1 Å². The molecule has 2 aromatic carbocycles. The summed E-state index contributed by atoms with van der Waals surface area (Å²) in [7, 11) is 1.60. The molecule has 0 radical (unpaired) electrons. The number of fused-ring (bicyclic) bond motifs is 1. The topological polar surface area (TPSA) is 73.6 Å². The Bertz CT molecular complexity index is 902. The van der Waals surface area contributed by atoms with Gasteiger partial charge < -0.3 is 19.1 Å². The molecule has 0 aliphatic carbocycles. The summed E-state index contributed by atoms with van der Waals surface area (Å²) in [6.07, 6.45) is 0.863. The molecule has 0 unspecified atom stereocenters. The Kier molecular flexibility index (Phi) is 4.88. The number of para-hydroxylation sites is 2. The van der Waals surface area contributed by atoms with Crippen LogP contribution in [0, 0.1) is 0 Å². The fraction of sp³-hybridized carbons (Fsp3) is 0.263. The summed E-state index contributed by atoms with van der Waals surface area (Å²) in [6.45, 7) is 2.41. The molecule has 1 aromatic heterocycles. The number of aromatic nitrogens is 2. The predicted octanol–water partition coefficient (Wildman–Crippen LogP) is 3.59. The highest BCUT2D eigenvalue weighted by molar-refractivity contribution is 5.84. The number of methoxy groups -OCH3 is 1. The normalized spacial score (nSPS) is 10.8. The number of rotatable bonds is 7. The molecule has 6 heteroatoms. The van der Waals surface area contributed by atoms with Gasteiger partial charge in [0.1, 0.15) is 23.9 Å². The van der Waals surface area contributed by atoms with Crippen molar-refractivity contribution in [3.05, 3.63) is 42.5 Å². The van der Waals surface area contributed by atoms with E-state index < -0.39 is 5.97 Å². The van der Waals surface area contributed by atoms with Crippen LogP contribution in [0.1, 0.15) is 13.3 Å². The first-order valence-electron chi connectivity index (χ1n) is 8.12. The molecule has 3 aromatic rings. The minimum Gasteiger partial charge on any atom is -0.497 e. The number of carboxylic acids is 1. The van der Waals surface area contributed by atoms with Crippen molar-refractivity contribution in [2.24, 2.45) is 0 Å². The third kappa shape index (κ3) is 3.42. The smallest absolute Gasteiger partial charge is 0.323 e. The number of imidazole rings is 1. The van der Waals surface area contributed by atoms with Crippen LogP contribution in [-0.2, 0) is 11.3 Å². The monoisotopic (exact) mass is 340 g/mol. The van der Waals surface area contributed by atoms with Crippen LogP contribution in [0.3, 0.4) is 0 Å². The summed E-state index contributed by atoms with van der Waals surface area (Å²) in [5, 5.41) is 9.31. The van der Waals surface area contributed by atoms with Crippen molar-refractivity contribution in [3.63, 3.8) is 0 Å². The van der Waals surface area contributed by atoms with Gasteiger partial charge in [-0.25, -0.2) is 4.98 Å². The molecule has 0 atom stereocenters. The fourth-order valence-electron chi connectivity index (χ4n) is 2.72. The Balaban J connectivity index is 2.19. The summed E-state index contributed by atoms with van der Waals surface area (Å²) in [5.74, 6) is 0.949. The van der Waals surface area contributed by atoms with Crippen LogP contribution in [0.4, 0.5) is 0 Å². The van der Waals surface area contributed by atoms with E-state index in [4.69, 9.17) is 9.47 Å². The number of ether oxygens (including phenoxy) is 2. The van der Waals surface area contributed by atoms with Gasteiger partial charge in [0.15, 0.2) is 0 Å². The first-order chi connectivity index (χ1) is 12.1. The summed E-state index contributed by atoms with van der Waals surface area (Å²) in [5.41, 5.74) is 2.26. The zero-order chi connectivity index (χ0) is 17.8. The second-order valence-corrected chi connectivity index (χ2v) is 5.61. The number of aliphatic carboxylic acids is 1. The summed E-state index contributed by atoms with van der Waals surface area (Å²) < 4.78 is 12.8. The highest BCUT2D eigenvalue weighted by atomic mass is 16.5. The van der Waals surface area contributed by atoms with Gasteiger partial charge >= 0.3 is 5.97 Å². The molecule has 0 saturated carbocycles. The van der Waals surface area contributed by atoms with E-state index in [-0.39, 0.29) is 6.54 Å². The first-order valence-corrected chi connectivity index (χ1v) is 8.12. The van der Waals surface area contributed by atoms with E-state index in [1.54, 1.807) is 17.7 Å². The zero-order valence-electron chi connectivity index (χ0n) is 14.2. The lowest BCUT2D eigenvalue weighted by Gasteiger charge is -2.13. The van der Waals surface area contributed by atoms with Gasteiger partial charge in [0.05, 0.1) is 30.3 Å². The van der Waals surface area contributed by atoms with Crippen molar-refractivity contribution in [3.8, 4) is 22.9 Å². The number of carboxylic acid groups (broad SMARTS) is 1. The summed E-state index contributed by atoms with van der Waals surface area (Å²) in [4.78, 5) is 16.0. The SMILES string of the molecule is CCCOc1cc(OC)ccc1-c1nc2ccccc2n1CC(=O)O. The Hall–Kier alpha value is -3.02. The number of hydrogen-bond donors (Lipinski definition) is 1. The second kappa shape index (κ2) is 7.25. The van der Waals surface area contributed by atoms with E-state index in [9.17, 15) is 9.90 Å². The third-order valence-electron chi connectivity index (χ3n) is 3.84. The molecular formula is C19H20N2O4. The van der Waals surface area contributed by atoms with Crippen molar-refractivity contribution in [1.82, 2.24) is 9.55 Å². The van der Waals surface area contributed by atoms with Crippen molar-refractivity contribution in [2.45, 2.75) is 19.9 Å². The van der Waals surface area contributed by atoms with Crippen molar-refractivity contribution in [2.75, 3.05) is 13.7 Å². The Morgan fingerprint density at radius 3 is 2.76 bits per heavy atom. The molecule has 0 aliphatic rings. The average molecular weight is 340 g/mol. The van der Waals surface area contributed by atoms with Gasteiger partial charge in [-0.2, -0.15) is 0 Å². The number of carbonyl (C=O) groups is 1. The molecule has 1 N–H and O–H groups in total. The van der Waals surface area contributed by atoms with Gasteiger partial charge in [0, 0.05) is 6.07 Å². The second-order valence-electron chi connectivity index (χ2n) is 5.61. The zero-order valence-corrected chi connectivity index (χ0v) is 14.2. The van der Waals surface area contributed by atoms with Crippen molar-refractivity contribution in [1.29, 1.82) is 0 Å². The first kappa shape index (κ1) is 16.8. The van der Waals surface area contributed by atoms with Crippen LogP contribution in [0.25, 0.3) is 22.4 Å². The maximum Gasteiger partial charge on any atom is 0.323 e. The molecule has 0 spiro atoms. The standard InChI is InChI=1S/C19H20N2O4/c1-3-10-25-17-11-13(24-2)8-9-14(17)19-20-15-6-4-5-7-16(15)21(19)12-18(22)23/h4-9,11H,3,10,12H2,1-2H3,(H,22,23). The highest BCUT2D eigenvalue weighted by Gasteiger charge is 2.18. The molecule has 0 amide bonds. The molecule has 0 saturated heterocycles. The van der Waals surface area contributed by atoms with Crippen LogP contribution in [0.2, 0.25) is 0 Å². The van der Waals surface area contributed by atoms with Crippen LogP contribution in [0.15, 0.2) is 42.5 Å². The van der Waals surface area contributed by atoms with Crippen LogP contribution in [0.5, 0.6) is 11.5 Å². The predicted molar refractivity (Wildman–Crippen MR) is 95.1 cm³/mol. The van der Waals surface area contributed by atoms with E-state index in [1.807, 2.05) is 43.3 Å². The Morgan fingerprint density at radius 2 is 2.04 bits per heavy atom. The lowest BCUT2D eigenvalue weighted by Crippen LogP contribution is -2.10. The lowest BCUT2D eigenvalue weighted by atomic mass is 10.1. The quantitative estimate of drug-likeness (QED) is 0.711. The largest absolute Gasteiger partial charge is 0.497 e. The minimum absolute atomic E-state index is 0.172. The van der Waals surface area contributed by atoms with Gasteiger partial charge in [-0.3, -0.25) is 4.79 Å². The lowest BCUT2D eigenvalue weighted by molar-refractivity contribution is -0.137. The molecule has 6 nitrogen and oxygen atoms in total. The van der Waals surface area contributed by atoms with Crippen LogP contribution in [-0.4, -0.2) is 34.3 Å². The van der Waals surface area contributed by atoms with Gasteiger partial charge in [-0.15, -0.1) is 0 Å². The van der Waals surface area contributed by atoms with Crippen LogP contribution >= 0.6 is 0 Å². The van der Waals surface area contributed by atoms with E-state index in [0.717, 1.165) is 23.0 Å². The van der Waals surface area contributed by atoms with Gasteiger partial charge in [0.25, 0.3) is 0 Å². The third-order valence-corrected chi connectivity index (χ3v) is 3.84. The summed E-state index contributed by atoms with van der Waals surface area (Å²) >= 11 is 0. The molecular weight excluding hydrogens is 320 g/mol. The molecule has 1 heterocycles. The van der Waals surface area contributed by atoms with Crippen molar-refractivity contribution >= 4 is 17.0 Å². The maximum atomic E-state index is 11.4. The molecule has 0 bridgehead atoms. The fourth-order valence-corrected chi connectivity index (χ4v) is 2.72. The van der Waals surface area contributed by atoms with E-state index >= 15 is 0 Å². The van der Waals surface area contributed by atoms with Gasteiger partial charge in [-0.05, 0) is 30.7 Å². The molecule has 3 rings (SSSR count). The molecule has 0 aliphatic heterocycles. The minimum atomic E-state index is -0.922. The molecule has 25 heavy (non-hydrogen) atoms. The van der Waals surface area contributed by atoms with Crippen molar-refractivity contribution < 1.29 is 19.4 Å². The molecule has 130 valence electrons. The average Bonchev–Trinajstić information content (AvgIpc) is 2.97. The highest BCUT2D eigenvalue weighted by Crippen LogP contribution is 2.35. The van der Waals surface area contributed by atoms with Gasteiger partial charge in [0.2, 0.25) is 0 Å². The molecule has 0 fully saturated rings. The number of hydrogen-bond acceptors (Lipinski definition) is 4. The maximum absolute atomic E-state index is 11.4. The number of nitrogens with zero attached hydrogens (tertiary/aromatic N) is 2. The van der Waals surface area contributed by atoms with E-state index in [0.29, 0.717) is 23.9 Å².